The summed E-state index contributed by atoms with van der Waals surface area (Å²) in [4.78, 5) is 23.3. The zero-order chi connectivity index (χ0) is 14.5. The van der Waals surface area contributed by atoms with Gasteiger partial charge in [-0.25, -0.2) is 9.97 Å². The Bertz CT molecular complexity index is 477. The number of nitrogens with zero attached hydrogens (tertiary/aromatic N) is 3. The first-order valence-corrected chi connectivity index (χ1v) is 8.22. The van der Waals surface area contributed by atoms with Gasteiger partial charge in [0.2, 0.25) is 5.95 Å². The average molecular weight is 288 g/mol. The fourth-order valence-corrected chi connectivity index (χ4v) is 3.23. The number of hydrogen-bond acceptors (Lipinski definition) is 4. The van der Waals surface area contributed by atoms with E-state index < -0.39 is 0 Å². The van der Waals surface area contributed by atoms with Crippen LogP contribution in [0.3, 0.4) is 0 Å². The van der Waals surface area contributed by atoms with Crippen LogP contribution in [0.2, 0.25) is 0 Å². The molecule has 1 saturated carbocycles. The smallest absolute Gasteiger partial charge is 0.270 e. The molecule has 1 saturated heterocycles. The molecule has 2 fully saturated rings. The molecule has 0 atom stereocenters. The molecule has 0 aromatic carbocycles. The van der Waals surface area contributed by atoms with Crippen LogP contribution in [0.25, 0.3) is 0 Å². The van der Waals surface area contributed by atoms with Gasteiger partial charge in [-0.3, -0.25) is 4.79 Å². The molecule has 2 heterocycles. The van der Waals surface area contributed by atoms with Crippen LogP contribution in [-0.4, -0.2) is 35.0 Å². The van der Waals surface area contributed by atoms with E-state index in [1.807, 2.05) is 0 Å². The molecule has 114 valence electrons. The minimum absolute atomic E-state index is 0.0552. The standard InChI is InChI=1S/C16H24N4O/c21-15(18-13-7-3-4-8-13)14-9-10-17-16(19-14)20-11-5-1-2-6-12-20/h9-10,13H,1-8,11-12H2,(H,18,21). The Morgan fingerprint density at radius 1 is 1.10 bits per heavy atom. The van der Waals surface area contributed by atoms with Crippen molar-refractivity contribution in [2.45, 2.75) is 57.4 Å². The molecule has 0 unspecified atom stereocenters. The number of carbonyl (C=O) groups is 1. The normalized spacial score (nSPS) is 20.3. The lowest BCUT2D eigenvalue weighted by Crippen LogP contribution is -2.34. The van der Waals surface area contributed by atoms with Crippen molar-refractivity contribution in [3.05, 3.63) is 18.0 Å². The first-order chi connectivity index (χ1) is 10.3. The lowest BCUT2D eigenvalue weighted by Gasteiger charge is -2.20. The van der Waals surface area contributed by atoms with E-state index in [1.54, 1.807) is 12.3 Å². The van der Waals surface area contributed by atoms with Gasteiger partial charge >= 0.3 is 0 Å². The summed E-state index contributed by atoms with van der Waals surface area (Å²) >= 11 is 0. The first kappa shape index (κ1) is 14.3. The molecule has 5 nitrogen and oxygen atoms in total. The molecular formula is C16H24N4O. The minimum atomic E-state index is -0.0552. The summed E-state index contributed by atoms with van der Waals surface area (Å²) in [6, 6.07) is 2.04. The molecule has 0 bridgehead atoms. The second kappa shape index (κ2) is 6.87. The van der Waals surface area contributed by atoms with Crippen molar-refractivity contribution >= 4 is 11.9 Å². The van der Waals surface area contributed by atoms with Gasteiger partial charge in [0.1, 0.15) is 5.69 Å². The van der Waals surface area contributed by atoms with E-state index in [2.05, 4.69) is 20.2 Å². The van der Waals surface area contributed by atoms with Crippen LogP contribution >= 0.6 is 0 Å². The Morgan fingerprint density at radius 3 is 2.52 bits per heavy atom. The van der Waals surface area contributed by atoms with Gasteiger partial charge in [0.15, 0.2) is 0 Å². The molecule has 3 rings (SSSR count). The fraction of sp³-hybridized carbons (Fsp3) is 0.688. The van der Waals surface area contributed by atoms with Gasteiger partial charge in [-0.2, -0.15) is 0 Å². The summed E-state index contributed by atoms with van der Waals surface area (Å²) in [6.45, 7) is 1.99. The Balaban J connectivity index is 1.68. The van der Waals surface area contributed by atoms with Crippen molar-refractivity contribution in [3.8, 4) is 0 Å². The van der Waals surface area contributed by atoms with Crippen LogP contribution in [0.15, 0.2) is 12.3 Å². The summed E-state index contributed by atoms with van der Waals surface area (Å²) in [6.07, 6.45) is 11.2. The number of nitrogens with one attached hydrogen (secondary N) is 1. The second-order valence-corrected chi connectivity index (χ2v) is 6.10. The van der Waals surface area contributed by atoms with Crippen molar-refractivity contribution in [2.75, 3.05) is 18.0 Å². The molecular weight excluding hydrogens is 264 g/mol. The number of carbonyl (C=O) groups excluding carboxylic acids is 1. The monoisotopic (exact) mass is 288 g/mol. The van der Waals surface area contributed by atoms with Gasteiger partial charge < -0.3 is 10.2 Å². The van der Waals surface area contributed by atoms with Crippen LogP contribution in [-0.2, 0) is 0 Å². The molecule has 1 N–H and O–H groups in total. The zero-order valence-corrected chi connectivity index (χ0v) is 12.6. The maximum absolute atomic E-state index is 12.3. The third kappa shape index (κ3) is 3.71. The maximum atomic E-state index is 12.3. The third-order valence-electron chi connectivity index (χ3n) is 4.45. The van der Waals surface area contributed by atoms with E-state index in [4.69, 9.17) is 0 Å². The number of aromatic nitrogens is 2. The number of hydrogen-bond donors (Lipinski definition) is 1. The lowest BCUT2D eigenvalue weighted by atomic mass is 10.2. The maximum Gasteiger partial charge on any atom is 0.270 e. The molecule has 1 aromatic rings. The molecule has 1 aliphatic carbocycles. The topological polar surface area (TPSA) is 58.1 Å². The molecule has 1 aromatic heterocycles. The van der Waals surface area contributed by atoms with Crippen LogP contribution in [0, 0.1) is 0 Å². The van der Waals surface area contributed by atoms with E-state index in [9.17, 15) is 4.79 Å². The molecule has 0 spiro atoms. The largest absolute Gasteiger partial charge is 0.348 e. The van der Waals surface area contributed by atoms with Crippen molar-refractivity contribution in [3.63, 3.8) is 0 Å². The summed E-state index contributed by atoms with van der Waals surface area (Å²) in [7, 11) is 0. The number of rotatable bonds is 3. The van der Waals surface area contributed by atoms with Crippen molar-refractivity contribution < 1.29 is 4.79 Å². The highest BCUT2D eigenvalue weighted by atomic mass is 16.1. The average Bonchev–Trinajstić information content (AvgIpc) is 2.87. The van der Waals surface area contributed by atoms with Crippen LogP contribution in [0.4, 0.5) is 5.95 Å². The Morgan fingerprint density at radius 2 is 1.81 bits per heavy atom. The van der Waals surface area contributed by atoms with Gasteiger partial charge in [0, 0.05) is 25.3 Å². The Kier molecular flexibility index (Phi) is 4.68. The summed E-state index contributed by atoms with van der Waals surface area (Å²) < 4.78 is 0. The van der Waals surface area contributed by atoms with E-state index >= 15 is 0 Å². The summed E-state index contributed by atoms with van der Waals surface area (Å²) in [5.41, 5.74) is 0.496. The molecule has 21 heavy (non-hydrogen) atoms. The number of amides is 1. The highest BCUT2D eigenvalue weighted by molar-refractivity contribution is 5.92. The van der Waals surface area contributed by atoms with E-state index in [1.165, 1.54) is 38.5 Å². The molecule has 1 aliphatic heterocycles. The SMILES string of the molecule is O=C(NC1CCCC1)c1ccnc(N2CCCCCC2)n1. The van der Waals surface area contributed by atoms with Crippen LogP contribution in [0.1, 0.15) is 61.9 Å². The molecule has 2 aliphatic rings. The first-order valence-electron chi connectivity index (χ1n) is 8.22. The van der Waals surface area contributed by atoms with E-state index in [0.717, 1.165) is 25.9 Å². The summed E-state index contributed by atoms with van der Waals surface area (Å²) in [5.74, 6) is 0.649. The fourth-order valence-electron chi connectivity index (χ4n) is 3.23. The quantitative estimate of drug-likeness (QED) is 0.928. The number of anilines is 1. The Labute approximate surface area is 126 Å². The summed E-state index contributed by atoms with van der Waals surface area (Å²) in [5, 5.41) is 3.09. The van der Waals surface area contributed by atoms with Crippen LogP contribution in [0.5, 0.6) is 0 Å². The lowest BCUT2D eigenvalue weighted by molar-refractivity contribution is 0.0932. The minimum Gasteiger partial charge on any atom is -0.348 e. The third-order valence-corrected chi connectivity index (χ3v) is 4.45. The van der Waals surface area contributed by atoms with E-state index in [0.29, 0.717) is 17.7 Å². The van der Waals surface area contributed by atoms with Gasteiger partial charge in [-0.15, -0.1) is 0 Å². The zero-order valence-electron chi connectivity index (χ0n) is 12.6. The highest BCUT2D eigenvalue weighted by Crippen LogP contribution is 2.19. The van der Waals surface area contributed by atoms with Gasteiger partial charge in [-0.1, -0.05) is 25.7 Å². The van der Waals surface area contributed by atoms with Crippen molar-refractivity contribution in [2.24, 2.45) is 0 Å². The molecule has 1 amide bonds. The van der Waals surface area contributed by atoms with E-state index in [-0.39, 0.29) is 5.91 Å². The molecule has 5 heteroatoms. The van der Waals surface area contributed by atoms with Crippen molar-refractivity contribution in [1.29, 1.82) is 0 Å². The Hall–Kier alpha value is -1.65. The van der Waals surface area contributed by atoms with Crippen molar-refractivity contribution in [1.82, 2.24) is 15.3 Å². The van der Waals surface area contributed by atoms with Gasteiger partial charge in [0.25, 0.3) is 5.91 Å². The highest BCUT2D eigenvalue weighted by Gasteiger charge is 2.20. The van der Waals surface area contributed by atoms with Gasteiger partial charge in [0.05, 0.1) is 0 Å². The predicted octanol–water partition coefficient (Wildman–Crippen LogP) is 2.53. The second-order valence-electron chi connectivity index (χ2n) is 6.10. The van der Waals surface area contributed by atoms with Crippen LogP contribution < -0.4 is 10.2 Å². The predicted molar refractivity (Wildman–Crippen MR) is 82.4 cm³/mol. The molecule has 0 radical (unpaired) electrons. The van der Waals surface area contributed by atoms with Gasteiger partial charge in [-0.05, 0) is 31.7 Å².